The normalized spacial score (nSPS) is 48.0. The number of nitrogens with zero attached hydrogens (tertiary/aromatic N) is 1. The Hall–Kier alpha value is 0.500. The Kier molecular flexibility index (Phi) is 3.27. The summed E-state index contributed by atoms with van der Waals surface area (Å²) in [6.45, 7) is 4.06. The Balaban J connectivity index is 0.000000360. The van der Waals surface area contributed by atoms with Crippen molar-refractivity contribution >= 4 is 24.8 Å². The van der Waals surface area contributed by atoms with E-state index in [0.717, 1.165) is 18.0 Å². The summed E-state index contributed by atoms with van der Waals surface area (Å²) < 4.78 is 0. The predicted molar refractivity (Wildman–Crippen MR) is 54.4 cm³/mol. The molecule has 3 fully saturated rings. The molecule has 0 aromatic heterocycles. The monoisotopic (exact) mass is 210 g/mol. The molecule has 0 amide bonds. The van der Waals surface area contributed by atoms with Crippen LogP contribution in [-0.2, 0) is 0 Å². The second-order valence-corrected chi connectivity index (χ2v) is 4.01. The lowest BCUT2D eigenvalue weighted by atomic mass is 9.89. The van der Waals surface area contributed by atoms with Crippen LogP contribution in [0.1, 0.15) is 12.8 Å². The average molecular weight is 211 g/mol. The van der Waals surface area contributed by atoms with Crippen LogP contribution in [0.5, 0.6) is 0 Å². The van der Waals surface area contributed by atoms with Crippen LogP contribution >= 0.6 is 24.8 Å². The number of piperidine rings is 2. The summed E-state index contributed by atoms with van der Waals surface area (Å²) in [5.74, 6) is 1.01. The van der Waals surface area contributed by atoms with E-state index < -0.39 is 0 Å². The lowest BCUT2D eigenvalue weighted by Crippen LogP contribution is -2.44. The van der Waals surface area contributed by atoms with Crippen molar-refractivity contribution in [3.8, 4) is 0 Å². The van der Waals surface area contributed by atoms with Crippen LogP contribution in [0, 0.1) is 5.92 Å². The molecule has 4 atom stereocenters. The standard InChI is InChI=1S/C8H14N2.2ClH/c1-2-10-4-6-3-7(5-10)9-8(1)6;;/h6-9H,1-5H2;2*1H/t6-,7+,8+;;/m1../s1. The van der Waals surface area contributed by atoms with Crippen LogP contribution in [0.25, 0.3) is 0 Å². The molecule has 1 N–H and O–H groups in total. The SMILES string of the molecule is C1[C@H]2CN3CC[C@H](N2)[C@H]1C3.Cl.Cl. The third-order valence-electron chi connectivity index (χ3n) is 3.33. The van der Waals surface area contributed by atoms with Crippen molar-refractivity contribution in [2.45, 2.75) is 24.9 Å². The van der Waals surface area contributed by atoms with Gasteiger partial charge in [-0.05, 0) is 25.3 Å². The maximum atomic E-state index is 3.70. The molecule has 3 rings (SSSR count). The molecule has 0 aromatic carbocycles. The summed E-state index contributed by atoms with van der Waals surface area (Å²) in [6.07, 6.45) is 2.86. The van der Waals surface area contributed by atoms with Gasteiger partial charge in [0.1, 0.15) is 0 Å². The van der Waals surface area contributed by atoms with Crippen molar-refractivity contribution in [2.24, 2.45) is 5.92 Å². The quantitative estimate of drug-likeness (QED) is 0.640. The fraction of sp³-hybridized carbons (Fsp3) is 1.00. The van der Waals surface area contributed by atoms with E-state index in [1.54, 1.807) is 0 Å². The Morgan fingerprint density at radius 1 is 1.17 bits per heavy atom. The zero-order valence-corrected chi connectivity index (χ0v) is 8.66. The first-order chi connectivity index (χ1) is 4.92. The van der Waals surface area contributed by atoms with Crippen molar-refractivity contribution in [3.63, 3.8) is 0 Å². The predicted octanol–water partition coefficient (Wildman–Crippen LogP) is 0.896. The molecule has 0 aliphatic carbocycles. The maximum absolute atomic E-state index is 3.70. The molecule has 3 aliphatic rings. The van der Waals surface area contributed by atoms with Crippen molar-refractivity contribution in [1.29, 1.82) is 0 Å². The second kappa shape index (κ2) is 3.70. The van der Waals surface area contributed by atoms with E-state index in [4.69, 9.17) is 0 Å². The lowest BCUT2D eigenvalue weighted by Gasteiger charge is -2.35. The van der Waals surface area contributed by atoms with Crippen LogP contribution in [0.2, 0.25) is 0 Å². The number of fused-ring (bicyclic) bond motifs is 2. The van der Waals surface area contributed by atoms with E-state index in [1.807, 2.05) is 0 Å². The van der Waals surface area contributed by atoms with Crippen molar-refractivity contribution in [2.75, 3.05) is 19.6 Å². The summed E-state index contributed by atoms with van der Waals surface area (Å²) in [4.78, 5) is 2.62. The summed E-state index contributed by atoms with van der Waals surface area (Å²) in [6, 6.07) is 1.75. The third kappa shape index (κ3) is 1.46. The van der Waals surface area contributed by atoms with Gasteiger partial charge < -0.3 is 10.2 Å². The van der Waals surface area contributed by atoms with E-state index in [2.05, 4.69) is 10.2 Å². The molecular weight excluding hydrogens is 195 g/mol. The Bertz CT molecular complexity index is 155. The number of nitrogens with one attached hydrogen (secondary N) is 1. The molecule has 0 aromatic rings. The minimum atomic E-state index is 0. The minimum Gasteiger partial charge on any atom is -0.310 e. The summed E-state index contributed by atoms with van der Waals surface area (Å²) in [5, 5.41) is 3.70. The Morgan fingerprint density at radius 2 is 2.00 bits per heavy atom. The topological polar surface area (TPSA) is 15.3 Å². The van der Waals surface area contributed by atoms with Gasteiger partial charge in [0.15, 0.2) is 0 Å². The van der Waals surface area contributed by atoms with Gasteiger partial charge in [-0.2, -0.15) is 0 Å². The van der Waals surface area contributed by atoms with Crippen LogP contribution in [0.15, 0.2) is 0 Å². The highest BCUT2D eigenvalue weighted by atomic mass is 35.5. The molecule has 0 saturated carbocycles. The molecule has 0 spiro atoms. The summed E-state index contributed by atoms with van der Waals surface area (Å²) in [5.41, 5.74) is 0. The van der Waals surface area contributed by atoms with Gasteiger partial charge in [-0.1, -0.05) is 0 Å². The number of halogens is 2. The summed E-state index contributed by atoms with van der Waals surface area (Å²) in [7, 11) is 0. The maximum Gasteiger partial charge on any atom is 0.0201 e. The van der Waals surface area contributed by atoms with Gasteiger partial charge >= 0.3 is 0 Å². The van der Waals surface area contributed by atoms with Crippen molar-refractivity contribution in [3.05, 3.63) is 0 Å². The summed E-state index contributed by atoms with van der Waals surface area (Å²) >= 11 is 0. The van der Waals surface area contributed by atoms with Gasteiger partial charge in [0.2, 0.25) is 0 Å². The van der Waals surface area contributed by atoms with E-state index in [9.17, 15) is 0 Å². The van der Waals surface area contributed by atoms with E-state index >= 15 is 0 Å². The fourth-order valence-corrected chi connectivity index (χ4v) is 2.91. The third-order valence-corrected chi connectivity index (χ3v) is 3.33. The van der Waals surface area contributed by atoms with Gasteiger partial charge in [0.25, 0.3) is 0 Å². The number of hydrogen-bond donors (Lipinski definition) is 1. The highest BCUT2D eigenvalue weighted by Gasteiger charge is 2.42. The highest BCUT2D eigenvalue weighted by molar-refractivity contribution is 5.85. The highest BCUT2D eigenvalue weighted by Crippen LogP contribution is 2.32. The first-order valence-electron chi connectivity index (χ1n) is 4.40. The zero-order chi connectivity index (χ0) is 6.55. The van der Waals surface area contributed by atoms with Gasteiger partial charge in [-0.15, -0.1) is 24.8 Å². The largest absolute Gasteiger partial charge is 0.310 e. The number of rotatable bonds is 0. The lowest BCUT2D eigenvalue weighted by molar-refractivity contribution is 0.149. The van der Waals surface area contributed by atoms with Crippen molar-refractivity contribution < 1.29 is 0 Å². The number of hydrogen-bond acceptors (Lipinski definition) is 2. The molecule has 12 heavy (non-hydrogen) atoms. The first-order valence-corrected chi connectivity index (χ1v) is 4.40. The van der Waals surface area contributed by atoms with Gasteiger partial charge in [-0.25, -0.2) is 0 Å². The van der Waals surface area contributed by atoms with Crippen LogP contribution in [0.4, 0.5) is 0 Å². The first kappa shape index (κ1) is 10.6. The fourth-order valence-electron chi connectivity index (χ4n) is 2.91. The molecule has 3 saturated heterocycles. The van der Waals surface area contributed by atoms with E-state index in [0.29, 0.717) is 0 Å². The molecule has 2 nitrogen and oxygen atoms in total. The van der Waals surface area contributed by atoms with Crippen LogP contribution in [-0.4, -0.2) is 36.6 Å². The Morgan fingerprint density at radius 3 is 2.83 bits per heavy atom. The Labute approximate surface area is 85.9 Å². The molecular formula is C8H16Cl2N2. The molecule has 3 heterocycles. The van der Waals surface area contributed by atoms with E-state index in [1.165, 1.54) is 32.5 Å². The molecule has 3 aliphatic heterocycles. The van der Waals surface area contributed by atoms with Gasteiger partial charge in [-0.3, -0.25) is 0 Å². The van der Waals surface area contributed by atoms with Gasteiger partial charge in [0, 0.05) is 25.2 Å². The van der Waals surface area contributed by atoms with Crippen molar-refractivity contribution in [1.82, 2.24) is 10.2 Å². The molecule has 72 valence electrons. The minimum absolute atomic E-state index is 0. The van der Waals surface area contributed by atoms with Gasteiger partial charge in [0.05, 0.1) is 0 Å². The van der Waals surface area contributed by atoms with Crippen LogP contribution < -0.4 is 5.32 Å². The average Bonchev–Trinajstić information content (AvgIpc) is 2.11. The smallest absolute Gasteiger partial charge is 0.0201 e. The molecule has 3 bridgehead atoms. The van der Waals surface area contributed by atoms with E-state index in [-0.39, 0.29) is 24.8 Å². The zero-order valence-electron chi connectivity index (χ0n) is 7.03. The molecule has 0 radical (unpaired) electrons. The van der Waals surface area contributed by atoms with Crippen LogP contribution in [0.3, 0.4) is 0 Å². The second-order valence-electron chi connectivity index (χ2n) is 4.01. The molecule has 1 unspecified atom stereocenters. The molecule has 4 heteroatoms.